The fourth-order valence-electron chi connectivity index (χ4n) is 3.42. The van der Waals surface area contributed by atoms with Crippen LogP contribution in [0.4, 0.5) is 4.39 Å². The number of aromatic hydroxyl groups is 1. The van der Waals surface area contributed by atoms with Gasteiger partial charge in [0.05, 0.1) is 5.56 Å². The molecule has 5 heteroatoms. The molecule has 0 saturated heterocycles. The molecular weight excluding hydrogens is 363 g/mol. The summed E-state index contributed by atoms with van der Waals surface area (Å²) in [5.41, 5.74) is 0.794. The van der Waals surface area contributed by atoms with E-state index in [2.05, 4.69) is 0 Å². The second kappa shape index (κ2) is 8.53. The van der Waals surface area contributed by atoms with Crippen molar-refractivity contribution in [3.05, 3.63) is 85.8 Å². The zero-order chi connectivity index (χ0) is 19.4. The molecule has 0 aliphatic carbocycles. The van der Waals surface area contributed by atoms with E-state index in [-0.39, 0.29) is 23.4 Å². The highest BCUT2D eigenvalue weighted by Crippen LogP contribution is 2.36. The van der Waals surface area contributed by atoms with Gasteiger partial charge in [0.1, 0.15) is 17.3 Å². The second-order valence-electron chi connectivity index (χ2n) is 6.65. The molecule has 0 spiro atoms. The van der Waals surface area contributed by atoms with E-state index in [1.165, 1.54) is 12.1 Å². The maximum atomic E-state index is 13.1. The third kappa shape index (κ3) is 4.30. The van der Waals surface area contributed by atoms with Crippen molar-refractivity contribution >= 4 is 11.3 Å². The number of thiophene rings is 1. The molecule has 2 unspecified atom stereocenters. The summed E-state index contributed by atoms with van der Waals surface area (Å²) in [4.78, 5) is 13.7. The van der Waals surface area contributed by atoms with Gasteiger partial charge in [-0.2, -0.15) is 0 Å². The molecule has 1 N–H and O–H groups in total. The predicted octanol–water partition coefficient (Wildman–Crippen LogP) is 5.82. The van der Waals surface area contributed by atoms with E-state index in [4.69, 9.17) is 4.42 Å². The van der Waals surface area contributed by atoms with Crippen LogP contribution in [-0.2, 0) is 6.42 Å². The Morgan fingerprint density at radius 1 is 1.15 bits per heavy atom. The summed E-state index contributed by atoms with van der Waals surface area (Å²) in [7, 11) is 0. The highest BCUT2D eigenvalue weighted by atomic mass is 32.1. The molecule has 0 radical (unpaired) electrons. The van der Waals surface area contributed by atoms with Crippen molar-refractivity contribution in [1.82, 2.24) is 0 Å². The molecule has 3 nitrogen and oxygen atoms in total. The van der Waals surface area contributed by atoms with E-state index < -0.39 is 5.63 Å². The van der Waals surface area contributed by atoms with Crippen LogP contribution in [0.1, 0.15) is 60.3 Å². The van der Waals surface area contributed by atoms with Gasteiger partial charge < -0.3 is 9.52 Å². The molecule has 1 aromatic carbocycles. The first-order valence-electron chi connectivity index (χ1n) is 9.18. The summed E-state index contributed by atoms with van der Waals surface area (Å²) in [6.45, 7) is 3.99. The van der Waals surface area contributed by atoms with Gasteiger partial charge in [0.15, 0.2) is 0 Å². The summed E-state index contributed by atoms with van der Waals surface area (Å²) in [5, 5.41) is 12.6. The van der Waals surface area contributed by atoms with E-state index in [0.29, 0.717) is 24.2 Å². The average molecular weight is 386 g/mol. The number of halogens is 1. The zero-order valence-electron chi connectivity index (χ0n) is 15.4. The largest absolute Gasteiger partial charge is 0.507 e. The summed E-state index contributed by atoms with van der Waals surface area (Å²) < 4.78 is 18.7. The van der Waals surface area contributed by atoms with Crippen LogP contribution in [0.5, 0.6) is 5.75 Å². The second-order valence-corrected chi connectivity index (χ2v) is 7.63. The van der Waals surface area contributed by atoms with Crippen LogP contribution in [0.3, 0.4) is 0 Å². The van der Waals surface area contributed by atoms with Crippen molar-refractivity contribution in [2.24, 2.45) is 0 Å². The minimum Gasteiger partial charge on any atom is -0.507 e. The number of benzene rings is 1. The summed E-state index contributed by atoms with van der Waals surface area (Å²) in [6, 6.07) is 11.8. The molecule has 142 valence electrons. The van der Waals surface area contributed by atoms with Crippen molar-refractivity contribution in [2.45, 2.75) is 44.9 Å². The van der Waals surface area contributed by atoms with Crippen LogP contribution in [0.15, 0.2) is 57.1 Å². The molecule has 3 rings (SSSR count). The normalized spacial score (nSPS) is 13.4. The fourth-order valence-corrected chi connectivity index (χ4v) is 4.34. The maximum Gasteiger partial charge on any atom is 0.343 e. The average Bonchev–Trinajstić information content (AvgIpc) is 3.18. The maximum absolute atomic E-state index is 13.1. The summed E-state index contributed by atoms with van der Waals surface area (Å²) in [5.74, 6) is -0.0647. The van der Waals surface area contributed by atoms with Crippen LogP contribution in [0.2, 0.25) is 0 Å². The van der Waals surface area contributed by atoms with E-state index in [9.17, 15) is 14.3 Å². The van der Waals surface area contributed by atoms with E-state index >= 15 is 0 Å². The molecule has 3 aromatic rings. The lowest BCUT2D eigenvalue weighted by Gasteiger charge is -2.18. The van der Waals surface area contributed by atoms with Crippen molar-refractivity contribution < 1.29 is 13.9 Å². The Labute approximate surface area is 162 Å². The van der Waals surface area contributed by atoms with E-state index in [1.54, 1.807) is 29.5 Å². The Kier molecular flexibility index (Phi) is 6.11. The molecule has 0 aliphatic rings. The number of hydrogen-bond acceptors (Lipinski definition) is 4. The molecule has 27 heavy (non-hydrogen) atoms. The first kappa shape index (κ1) is 19.4. The van der Waals surface area contributed by atoms with Crippen LogP contribution in [0.25, 0.3) is 0 Å². The predicted molar refractivity (Wildman–Crippen MR) is 106 cm³/mol. The summed E-state index contributed by atoms with van der Waals surface area (Å²) in [6.07, 6.45) is 2.05. The van der Waals surface area contributed by atoms with Crippen LogP contribution >= 0.6 is 11.3 Å². The lowest BCUT2D eigenvalue weighted by molar-refractivity contribution is 0.381. The Morgan fingerprint density at radius 2 is 1.89 bits per heavy atom. The Bertz CT molecular complexity index is 929. The molecule has 0 amide bonds. The van der Waals surface area contributed by atoms with Gasteiger partial charge in [-0.1, -0.05) is 32.0 Å². The molecule has 2 atom stereocenters. The topological polar surface area (TPSA) is 50.4 Å². The van der Waals surface area contributed by atoms with Gasteiger partial charge >= 0.3 is 5.63 Å². The van der Waals surface area contributed by atoms with Crippen LogP contribution in [-0.4, -0.2) is 5.11 Å². The Balaban J connectivity index is 1.92. The third-order valence-electron chi connectivity index (χ3n) is 4.92. The molecule has 0 saturated carbocycles. The van der Waals surface area contributed by atoms with Gasteiger partial charge in [0.2, 0.25) is 0 Å². The highest BCUT2D eigenvalue weighted by molar-refractivity contribution is 7.10. The fraction of sp³-hybridized carbons (Fsp3) is 0.318. The molecule has 2 heterocycles. The molecule has 0 aliphatic heterocycles. The minimum atomic E-state index is -0.484. The van der Waals surface area contributed by atoms with E-state index in [0.717, 1.165) is 16.9 Å². The smallest absolute Gasteiger partial charge is 0.343 e. The van der Waals surface area contributed by atoms with Gasteiger partial charge in [-0.25, -0.2) is 9.18 Å². The number of rotatable bonds is 7. The first-order chi connectivity index (χ1) is 13.0. The van der Waals surface area contributed by atoms with Gasteiger partial charge in [-0.3, -0.25) is 0 Å². The Morgan fingerprint density at radius 3 is 2.44 bits per heavy atom. The monoisotopic (exact) mass is 386 g/mol. The van der Waals surface area contributed by atoms with Crippen molar-refractivity contribution in [3.63, 3.8) is 0 Å². The van der Waals surface area contributed by atoms with Gasteiger partial charge in [-0.15, -0.1) is 11.3 Å². The van der Waals surface area contributed by atoms with Crippen molar-refractivity contribution in [2.75, 3.05) is 0 Å². The molecule has 0 fully saturated rings. The van der Waals surface area contributed by atoms with Crippen molar-refractivity contribution in [3.8, 4) is 5.75 Å². The molecule has 0 bridgehead atoms. The standard InChI is InChI=1S/C22H23FO3S/c1-3-15(12-14-7-9-16(23)10-8-14)19-13-18(24)21(22(25)26-19)17(4-2)20-6-5-11-27-20/h5-11,13,15,17,24H,3-4,12H2,1-2H3. The SMILES string of the molecule is CCC(Cc1ccc(F)cc1)c1cc(O)c(C(CC)c2cccs2)c(=O)o1. The number of hydrogen-bond donors (Lipinski definition) is 1. The quantitative estimate of drug-likeness (QED) is 0.556. The molecular formula is C22H23FO3S. The summed E-state index contributed by atoms with van der Waals surface area (Å²) >= 11 is 1.56. The lowest BCUT2D eigenvalue weighted by atomic mass is 9.92. The Hall–Kier alpha value is -2.40. The van der Waals surface area contributed by atoms with E-state index in [1.807, 2.05) is 31.4 Å². The first-order valence-corrected chi connectivity index (χ1v) is 10.1. The van der Waals surface area contributed by atoms with Gasteiger partial charge in [0.25, 0.3) is 0 Å². The molecule has 2 aromatic heterocycles. The van der Waals surface area contributed by atoms with Gasteiger partial charge in [0, 0.05) is 22.8 Å². The minimum absolute atomic E-state index is 0.0148. The third-order valence-corrected chi connectivity index (χ3v) is 5.91. The highest BCUT2D eigenvalue weighted by Gasteiger charge is 2.24. The lowest BCUT2D eigenvalue weighted by Crippen LogP contribution is -2.15. The van der Waals surface area contributed by atoms with Crippen molar-refractivity contribution in [1.29, 1.82) is 0 Å². The zero-order valence-corrected chi connectivity index (χ0v) is 16.3. The van der Waals surface area contributed by atoms with Crippen LogP contribution < -0.4 is 5.63 Å². The van der Waals surface area contributed by atoms with Crippen LogP contribution in [0, 0.1) is 5.82 Å². The van der Waals surface area contributed by atoms with Gasteiger partial charge in [-0.05, 0) is 48.4 Å².